The second-order valence-electron chi connectivity index (χ2n) is 8.46. The minimum Gasteiger partial charge on any atom is -0.543 e. The van der Waals surface area contributed by atoms with E-state index in [1.807, 2.05) is 32.0 Å². The van der Waals surface area contributed by atoms with Crippen molar-refractivity contribution in [3.63, 3.8) is 0 Å². The van der Waals surface area contributed by atoms with Crippen LogP contribution in [0.3, 0.4) is 0 Å². The smallest absolute Gasteiger partial charge is 0.543 e. The fourth-order valence-electron chi connectivity index (χ4n) is 4.80. The van der Waals surface area contributed by atoms with Gasteiger partial charge in [0.1, 0.15) is 5.75 Å². The van der Waals surface area contributed by atoms with Gasteiger partial charge < -0.3 is 29.5 Å². The van der Waals surface area contributed by atoms with Gasteiger partial charge in [0.05, 0.1) is 46.6 Å². The molecular formula is C22H24N3NaO5S2. The fraction of sp³-hybridized carbons (Fsp3) is 0.500. The molecule has 4 atom stereocenters. The number of aliphatic hydroxyl groups excluding tert-OH is 1. The number of nitrogens with zero attached hydrogens (tertiary/aromatic N) is 3. The maximum atomic E-state index is 12.5. The number of fused-ring (bicyclic) bond motifs is 2. The molecule has 2 saturated heterocycles. The predicted octanol–water partition coefficient (Wildman–Crippen LogP) is -1.56. The molecule has 2 fully saturated rings. The molecule has 1 amide bonds. The number of thiazole rings is 1. The molecule has 33 heavy (non-hydrogen) atoms. The van der Waals surface area contributed by atoms with Crippen LogP contribution in [0.1, 0.15) is 20.8 Å². The number of anilines is 1. The fourth-order valence-corrected chi connectivity index (χ4v) is 7.33. The Morgan fingerprint density at radius 2 is 2.15 bits per heavy atom. The topological polar surface area (TPSA) is 106 Å². The van der Waals surface area contributed by atoms with E-state index in [1.165, 1.54) is 16.7 Å². The van der Waals surface area contributed by atoms with Gasteiger partial charge in [0.2, 0.25) is 5.91 Å². The summed E-state index contributed by atoms with van der Waals surface area (Å²) in [6.45, 7) is 7.57. The molecule has 2 aromatic rings. The summed E-state index contributed by atoms with van der Waals surface area (Å²) in [6.07, 6.45) is -0.806. The van der Waals surface area contributed by atoms with Crippen molar-refractivity contribution < 1.29 is 54.1 Å². The summed E-state index contributed by atoms with van der Waals surface area (Å²) in [7, 11) is 0. The number of amides is 1. The summed E-state index contributed by atoms with van der Waals surface area (Å²) in [5, 5.41) is 23.0. The number of rotatable bonds is 7. The first-order chi connectivity index (χ1) is 15.3. The molecule has 0 aliphatic carbocycles. The van der Waals surface area contributed by atoms with Gasteiger partial charge in [-0.1, -0.05) is 18.3 Å². The van der Waals surface area contributed by atoms with Crippen LogP contribution in [0.4, 0.5) is 5.13 Å². The molecule has 3 aliphatic heterocycles. The molecule has 170 valence electrons. The van der Waals surface area contributed by atoms with Crippen LogP contribution in [0, 0.1) is 11.8 Å². The molecule has 8 nitrogen and oxygen atoms in total. The second kappa shape index (κ2) is 9.39. The second-order valence-corrected chi connectivity index (χ2v) is 10.8. The Labute approximate surface area is 222 Å². The number of hydrogen-bond acceptors (Lipinski definition) is 9. The monoisotopic (exact) mass is 497 g/mol. The Balaban J connectivity index is 0.00000259. The molecule has 0 spiro atoms. The van der Waals surface area contributed by atoms with Crippen molar-refractivity contribution in [2.75, 3.05) is 24.6 Å². The SMILES string of the molecule is CCOc1ccc2nc(N3CC(SC4=C(C(=O)[O-])N5C(=O)[C@H]([C@@H](C)O)[C@H]5[C@H]4C)C3)sc2c1.[Na+]. The molecule has 3 aliphatic rings. The largest absolute Gasteiger partial charge is 1.00 e. The first kappa shape index (κ1) is 24.8. The minimum atomic E-state index is -1.33. The predicted molar refractivity (Wildman–Crippen MR) is 121 cm³/mol. The van der Waals surface area contributed by atoms with Crippen molar-refractivity contribution in [3.05, 3.63) is 28.8 Å². The summed E-state index contributed by atoms with van der Waals surface area (Å²) in [5.74, 6) is -1.52. The Bertz CT molecular complexity index is 1130. The number of thioether (sulfide) groups is 1. The molecule has 5 rings (SSSR count). The van der Waals surface area contributed by atoms with Crippen molar-refractivity contribution >= 4 is 50.3 Å². The number of carboxylic acids is 1. The molecule has 1 aromatic carbocycles. The summed E-state index contributed by atoms with van der Waals surface area (Å²) < 4.78 is 6.64. The molecule has 0 radical (unpaired) electrons. The van der Waals surface area contributed by atoms with E-state index in [0.29, 0.717) is 11.5 Å². The summed E-state index contributed by atoms with van der Waals surface area (Å²) >= 11 is 3.13. The Morgan fingerprint density at radius 1 is 1.42 bits per heavy atom. The van der Waals surface area contributed by atoms with E-state index in [-0.39, 0.29) is 58.4 Å². The van der Waals surface area contributed by atoms with Crippen LogP contribution in [-0.4, -0.2) is 64.0 Å². The molecule has 0 bridgehead atoms. The Hall–Kier alpha value is -1.30. The van der Waals surface area contributed by atoms with Gasteiger partial charge in [0.25, 0.3) is 0 Å². The van der Waals surface area contributed by atoms with Gasteiger partial charge in [0, 0.05) is 29.2 Å². The maximum Gasteiger partial charge on any atom is 1.00 e. The zero-order valence-electron chi connectivity index (χ0n) is 19.0. The van der Waals surface area contributed by atoms with E-state index in [1.54, 1.807) is 18.3 Å². The number of carboxylic acid groups (broad SMARTS) is 1. The van der Waals surface area contributed by atoms with Gasteiger partial charge >= 0.3 is 29.6 Å². The van der Waals surface area contributed by atoms with Gasteiger partial charge in [-0.2, -0.15) is 0 Å². The van der Waals surface area contributed by atoms with Gasteiger partial charge in [0.15, 0.2) is 5.13 Å². The van der Waals surface area contributed by atoms with E-state index < -0.39 is 18.0 Å². The van der Waals surface area contributed by atoms with Gasteiger partial charge in [-0.25, -0.2) is 4.98 Å². The molecule has 1 N–H and O–H groups in total. The zero-order chi connectivity index (χ0) is 22.7. The van der Waals surface area contributed by atoms with Crippen LogP contribution >= 0.6 is 23.1 Å². The number of aliphatic carboxylic acids is 1. The molecule has 0 unspecified atom stereocenters. The molecule has 4 heterocycles. The van der Waals surface area contributed by atoms with Gasteiger partial charge in [-0.15, -0.1) is 11.8 Å². The number of ether oxygens (including phenoxy) is 1. The standard InChI is InChI=1S/C22H25N3O5S2.Na/c1-4-30-12-5-6-14-15(7-12)32-22(23-14)24-8-13(9-24)31-19-10(2)17-16(11(3)26)20(27)25(17)18(19)21(28)29;/h5-7,10-11,13,16-17,26H,4,8-9H2,1-3H3,(H,28,29);/q;+1/p-1/t10-,11-,16-,17-;/m1./s1. The van der Waals surface area contributed by atoms with Crippen molar-refractivity contribution in [2.24, 2.45) is 11.8 Å². The van der Waals surface area contributed by atoms with E-state index in [4.69, 9.17) is 9.72 Å². The number of carbonyl (C=O) groups excluding carboxylic acids is 2. The maximum absolute atomic E-state index is 12.5. The van der Waals surface area contributed by atoms with Crippen LogP contribution in [-0.2, 0) is 9.59 Å². The summed E-state index contributed by atoms with van der Waals surface area (Å²) in [4.78, 5) is 33.2. The van der Waals surface area contributed by atoms with E-state index >= 15 is 0 Å². The first-order valence-corrected chi connectivity index (χ1v) is 12.4. The summed E-state index contributed by atoms with van der Waals surface area (Å²) in [6, 6.07) is 5.58. The third-order valence-corrected chi connectivity index (χ3v) is 8.90. The number of benzene rings is 1. The van der Waals surface area contributed by atoms with Crippen LogP contribution < -0.4 is 44.3 Å². The molecule has 11 heteroatoms. The number of aromatic nitrogens is 1. The quantitative estimate of drug-likeness (QED) is 0.362. The van der Waals surface area contributed by atoms with Crippen molar-refractivity contribution in [3.8, 4) is 5.75 Å². The van der Waals surface area contributed by atoms with Gasteiger partial charge in [-0.05, 0) is 32.0 Å². The molecular weight excluding hydrogens is 473 g/mol. The van der Waals surface area contributed by atoms with Crippen molar-refractivity contribution in [1.82, 2.24) is 9.88 Å². The first-order valence-electron chi connectivity index (χ1n) is 10.7. The van der Waals surface area contributed by atoms with E-state index in [9.17, 15) is 19.8 Å². The van der Waals surface area contributed by atoms with Crippen LogP contribution in [0.2, 0.25) is 0 Å². The third-order valence-electron chi connectivity index (χ3n) is 6.37. The van der Waals surface area contributed by atoms with Crippen LogP contribution in [0.5, 0.6) is 5.75 Å². The number of aliphatic hydroxyl groups is 1. The minimum absolute atomic E-state index is 0. The average Bonchev–Trinajstić information content (AvgIpc) is 3.21. The third kappa shape index (κ3) is 4.08. The van der Waals surface area contributed by atoms with E-state index in [0.717, 1.165) is 34.2 Å². The Morgan fingerprint density at radius 3 is 2.79 bits per heavy atom. The van der Waals surface area contributed by atoms with E-state index in [2.05, 4.69) is 4.90 Å². The Kier molecular flexibility index (Phi) is 7.06. The molecule has 0 saturated carbocycles. The zero-order valence-corrected chi connectivity index (χ0v) is 22.6. The van der Waals surface area contributed by atoms with Crippen molar-refractivity contribution in [2.45, 2.75) is 38.2 Å². The normalized spacial score (nSPS) is 25.5. The number of β-lactam (4-membered cyclic amide) rings is 1. The van der Waals surface area contributed by atoms with Crippen LogP contribution in [0.25, 0.3) is 10.2 Å². The van der Waals surface area contributed by atoms with Crippen molar-refractivity contribution in [1.29, 1.82) is 0 Å². The number of hydrogen-bond donors (Lipinski definition) is 1. The average molecular weight is 498 g/mol. The van der Waals surface area contributed by atoms with Crippen LogP contribution in [0.15, 0.2) is 28.8 Å². The summed E-state index contributed by atoms with van der Waals surface area (Å²) in [5.41, 5.74) is 0.916. The number of carbonyl (C=O) groups is 2. The van der Waals surface area contributed by atoms with Gasteiger partial charge in [-0.3, -0.25) is 4.79 Å². The molecule has 1 aromatic heterocycles.